The van der Waals surface area contributed by atoms with Crippen molar-refractivity contribution in [3.05, 3.63) is 40.4 Å². The van der Waals surface area contributed by atoms with E-state index in [2.05, 4.69) is 9.97 Å². The molecule has 2 aliphatic rings. The zero-order valence-corrected chi connectivity index (χ0v) is 14.7. The number of H-pyrrole nitrogens is 1. The van der Waals surface area contributed by atoms with Gasteiger partial charge in [-0.05, 0) is 56.1 Å². The number of hydrogen-bond donors (Lipinski definition) is 1. The highest BCUT2D eigenvalue weighted by Gasteiger charge is 2.40. The second-order valence-corrected chi connectivity index (χ2v) is 7.58. The van der Waals surface area contributed by atoms with E-state index >= 15 is 0 Å². The van der Waals surface area contributed by atoms with Crippen molar-refractivity contribution in [2.45, 2.75) is 45.6 Å². The molecule has 0 aliphatic heterocycles. The molecule has 2 bridgehead atoms. The minimum absolute atomic E-state index is 0.141. The van der Waals surface area contributed by atoms with Crippen molar-refractivity contribution >= 4 is 16.8 Å². The topological polar surface area (TPSA) is 66.1 Å². The maximum atomic E-state index is 12.8. The van der Waals surface area contributed by atoms with Gasteiger partial charge in [0, 0.05) is 13.0 Å². The van der Waals surface area contributed by atoms with Crippen LogP contribution in [0.25, 0.3) is 10.9 Å². The average molecular weight is 339 g/mol. The molecule has 25 heavy (non-hydrogen) atoms. The Kier molecular flexibility index (Phi) is 4.32. The number of benzene rings is 1. The molecule has 5 nitrogen and oxygen atoms in total. The quantitative estimate of drug-likeness (QED) is 0.910. The van der Waals surface area contributed by atoms with Crippen LogP contribution in [0.3, 0.4) is 0 Å². The molecule has 3 atom stereocenters. The van der Waals surface area contributed by atoms with Crippen molar-refractivity contribution in [3.63, 3.8) is 0 Å². The van der Waals surface area contributed by atoms with Crippen LogP contribution in [0.2, 0.25) is 0 Å². The summed E-state index contributed by atoms with van der Waals surface area (Å²) in [5, 5.41) is 0.586. The van der Waals surface area contributed by atoms with Gasteiger partial charge >= 0.3 is 0 Å². The molecule has 0 unspecified atom stereocenters. The Bertz CT molecular complexity index is 844. The maximum absolute atomic E-state index is 12.8. The minimum atomic E-state index is -0.141. The van der Waals surface area contributed by atoms with Crippen LogP contribution < -0.4 is 5.56 Å². The number of carbonyl (C=O) groups is 1. The molecule has 5 heteroatoms. The number of carbonyl (C=O) groups excluding carboxylic acids is 1. The van der Waals surface area contributed by atoms with Crippen LogP contribution in [0.5, 0.6) is 0 Å². The van der Waals surface area contributed by atoms with E-state index in [4.69, 9.17) is 0 Å². The van der Waals surface area contributed by atoms with Crippen LogP contribution in [0.4, 0.5) is 0 Å². The summed E-state index contributed by atoms with van der Waals surface area (Å²) in [6.07, 6.45) is 5.85. The van der Waals surface area contributed by atoms with E-state index in [1.165, 1.54) is 25.7 Å². The Morgan fingerprint density at radius 1 is 1.28 bits per heavy atom. The van der Waals surface area contributed by atoms with E-state index in [-0.39, 0.29) is 11.5 Å². The summed E-state index contributed by atoms with van der Waals surface area (Å²) in [6.45, 7) is 2.99. The van der Waals surface area contributed by atoms with Gasteiger partial charge in [-0.15, -0.1) is 0 Å². The molecule has 0 spiro atoms. The Hall–Kier alpha value is -2.17. The number of fused-ring (bicyclic) bond motifs is 3. The van der Waals surface area contributed by atoms with Gasteiger partial charge in [0.2, 0.25) is 5.91 Å². The number of hydrogen-bond acceptors (Lipinski definition) is 3. The molecule has 2 saturated carbocycles. The van der Waals surface area contributed by atoms with Crippen molar-refractivity contribution in [2.24, 2.45) is 17.8 Å². The lowest BCUT2D eigenvalue weighted by Gasteiger charge is -2.26. The Balaban J connectivity index is 1.48. The van der Waals surface area contributed by atoms with Crippen LogP contribution in [-0.2, 0) is 11.3 Å². The molecule has 1 amide bonds. The third-order valence-electron chi connectivity index (χ3n) is 6.06. The molecule has 2 fully saturated rings. The maximum Gasteiger partial charge on any atom is 0.258 e. The predicted molar refractivity (Wildman–Crippen MR) is 97.0 cm³/mol. The van der Waals surface area contributed by atoms with Gasteiger partial charge in [-0.2, -0.15) is 0 Å². The average Bonchev–Trinajstić information content (AvgIpc) is 3.22. The molecule has 4 rings (SSSR count). The third-order valence-corrected chi connectivity index (χ3v) is 6.06. The molecule has 2 aliphatic carbocycles. The third kappa shape index (κ3) is 3.20. The van der Waals surface area contributed by atoms with Gasteiger partial charge in [0.15, 0.2) is 0 Å². The summed E-state index contributed by atoms with van der Waals surface area (Å²) in [6, 6.07) is 7.30. The van der Waals surface area contributed by atoms with Crippen molar-refractivity contribution in [3.8, 4) is 0 Å². The number of rotatable bonds is 5. The molecular weight excluding hydrogens is 314 g/mol. The number of para-hydroxylation sites is 1. The Labute approximate surface area is 147 Å². The molecule has 1 aromatic heterocycles. The van der Waals surface area contributed by atoms with Crippen LogP contribution in [0, 0.1) is 17.8 Å². The first-order valence-electron chi connectivity index (χ1n) is 9.39. The molecule has 1 N–H and O–H groups in total. The zero-order chi connectivity index (χ0) is 17.4. The van der Waals surface area contributed by atoms with Gasteiger partial charge in [-0.3, -0.25) is 9.59 Å². The summed E-state index contributed by atoms with van der Waals surface area (Å²) in [7, 11) is 0. The second-order valence-electron chi connectivity index (χ2n) is 7.58. The van der Waals surface area contributed by atoms with Crippen LogP contribution >= 0.6 is 0 Å². The van der Waals surface area contributed by atoms with Crippen LogP contribution in [0.1, 0.15) is 44.9 Å². The SMILES string of the molecule is CCN(Cc1nc2ccccc2c(=O)[nH]1)C(=O)C[C@@H]1C[C@H]2CC[C@@H]1C2. The van der Waals surface area contributed by atoms with E-state index in [9.17, 15) is 9.59 Å². The summed E-state index contributed by atoms with van der Waals surface area (Å²) in [4.78, 5) is 34.1. The fourth-order valence-electron chi connectivity index (χ4n) is 4.75. The van der Waals surface area contributed by atoms with Gasteiger partial charge in [0.05, 0.1) is 17.4 Å². The molecule has 0 radical (unpaired) electrons. The molecule has 0 saturated heterocycles. The molecule has 2 aromatic rings. The van der Waals surface area contributed by atoms with E-state index < -0.39 is 0 Å². The number of nitrogens with one attached hydrogen (secondary N) is 1. The highest BCUT2D eigenvalue weighted by Crippen LogP contribution is 2.49. The fourth-order valence-corrected chi connectivity index (χ4v) is 4.75. The summed E-state index contributed by atoms with van der Waals surface area (Å²) in [5.41, 5.74) is 0.537. The Morgan fingerprint density at radius 2 is 2.12 bits per heavy atom. The van der Waals surface area contributed by atoms with E-state index in [0.717, 1.165) is 11.8 Å². The molecule has 1 aromatic carbocycles. The first-order chi connectivity index (χ1) is 12.1. The predicted octanol–water partition coefficient (Wildman–Crippen LogP) is 3.10. The first kappa shape index (κ1) is 16.3. The van der Waals surface area contributed by atoms with Crippen molar-refractivity contribution in [1.29, 1.82) is 0 Å². The smallest absolute Gasteiger partial charge is 0.258 e. The number of amides is 1. The van der Waals surface area contributed by atoms with Gasteiger partial charge in [0.1, 0.15) is 5.82 Å². The van der Waals surface area contributed by atoms with E-state index in [1.807, 2.05) is 30.0 Å². The van der Waals surface area contributed by atoms with Crippen LogP contribution in [0.15, 0.2) is 29.1 Å². The lowest BCUT2D eigenvalue weighted by molar-refractivity contribution is -0.133. The van der Waals surface area contributed by atoms with E-state index in [0.29, 0.717) is 42.2 Å². The second kappa shape index (κ2) is 6.62. The van der Waals surface area contributed by atoms with Crippen molar-refractivity contribution in [2.75, 3.05) is 6.54 Å². The monoisotopic (exact) mass is 339 g/mol. The summed E-state index contributed by atoms with van der Waals surface area (Å²) >= 11 is 0. The van der Waals surface area contributed by atoms with Gasteiger partial charge < -0.3 is 9.88 Å². The van der Waals surface area contributed by atoms with Crippen molar-refractivity contribution in [1.82, 2.24) is 14.9 Å². The minimum Gasteiger partial charge on any atom is -0.335 e. The van der Waals surface area contributed by atoms with Crippen molar-refractivity contribution < 1.29 is 4.79 Å². The summed E-state index contributed by atoms with van der Waals surface area (Å²) in [5.74, 6) is 2.93. The number of aromatic amines is 1. The first-order valence-corrected chi connectivity index (χ1v) is 9.39. The largest absolute Gasteiger partial charge is 0.335 e. The fraction of sp³-hybridized carbons (Fsp3) is 0.550. The van der Waals surface area contributed by atoms with Gasteiger partial charge in [-0.25, -0.2) is 4.98 Å². The highest BCUT2D eigenvalue weighted by molar-refractivity contribution is 5.78. The lowest BCUT2D eigenvalue weighted by atomic mass is 9.86. The van der Waals surface area contributed by atoms with Gasteiger partial charge in [0.25, 0.3) is 5.56 Å². The molecule has 132 valence electrons. The summed E-state index contributed by atoms with van der Waals surface area (Å²) < 4.78 is 0. The molecule has 1 heterocycles. The molecular formula is C20H25N3O2. The highest BCUT2D eigenvalue weighted by atomic mass is 16.2. The zero-order valence-electron chi connectivity index (χ0n) is 14.7. The van der Waals surface area contributed by atoms with Gasteiger partial charge in [-0.1, -0.05) is 18.6 Å². The normalized spacial score (nSPS) is 24.8. The Morgan fingerprint density at radius 3 is 2.84 bits per heavy atom. The van der Waals surface area contributed by atoms with Crippen LogP contribution in [-0.4, -0.2) is 27.3 Å². The number of nitrogens with zero attached hydrogens (tertiary/aromatic N) is 2. The standard InChI is InChI=1S/C20H25N3O2/c1-2-23(19(24)11-15-10-13-7-8-14(15)9-13)12-18-21-17-6-4-3-5-16(17)20(25)22-18/h3-6,13-15H,2,7-12H2,1H3,(H,21,22,25)/t13-,14+,15-/m0/s1. The lowest BCUT2D eigenvalue weighted by Crippen LogP contribution is -2.33. The number of aromatic nitrogens is 2. The van der Waals surface area contributed by atoms with E-state index in [1.54, 1.807) is 6.07 Å².